The second kappa shape index (κ2) is 7.43. The van der Waals surface area contributed by atoms with Crippen molar-refractivity contribution in [1.82, 2.24) is 15.1 Å². The quantitative estimate of drug-likeness (QED) is 0.873. The molecule has 0 bridgehead atoms. The van der Waals surface area contributed by atoms with Crippen molar-refractivity contribution in [1.29, 1.82) is 0 Å². The highest BCUT2D eigenvalue weighted by atomic mass is 16.3. The molecule has 1 atom stereocenters. The summed E-state index contributed by atoms with van der Waals surface area (Å²) in [5.41, 5.74) is 1.27. The number of piperazine rings is 1. The highest BCUT2D eigenvalue weighted by Crippen LogP contribution is 2.19. The van der Waals surface area contributed by atoms with E-state index in [0.717, 1.165) is 50.8 Å². The number of likely N-dealkylation sites (N-methyl/N-ethyl adjacent to an activating group) is 1. The molecule has 0 amide bonds. The van der Waals surface area contributed by atoms with Gasteiger partial charge < -0.3 is 14.6 Å². The Balaban J connectivity index is 1.89. The van der Waals surface area contributed by atoms with Gasteiger partial charge >= 0.3 is 0 Å². The van der Waals surface area contributed by atoms with Crippen molar-refractivity contribution in [2.45, 2.75) is 46.8 Å². The summed E-state index contributed by atoms with van der Waals surface area (Å²) in [5, 5.41) is 3.46. The van der Waals surface area contributed by atoms with Crippen LogP contribution in [0.15, 0.2) is 10.5 Å². The van der Waals surface area contributed by atoms with Gasteiger partial charge in [0, 0.05) is 25.7 Å². The molecular weight excluding hydrogens is 262 g/mol. The third kappa shape index (κ3) is 4.83. The lowest BCUT2D eigenvalue weighted by Gasteiger charge is -2.37. The van der Waals surface area contributed by atoms with E-state index in [9.17, 15) is 0 Å². The standard InChI is InChI=1S/C17H31N3O/c1-13(2)9-18-10-17-14(3)8-16(21-17)12-20-7-6-19(5)11-15(20)4/h8,13,15,18H,6-7,9-12H2,1-5H3. The molecule has 1 unspecified atom stereocenters. The van der Waals surface area contributed by atoms with Crippen LogP contribution in [0.3, 0.4) is 0 Å². The molecule has 1 fully saturated rings. The van der Waals surface area contributed by atoms with E-state index in [4.69, 9.17) is 4.42 Å². The summed E-state index contributed by atoms with van der Waals surface area (Å²) in [6.07, 6.45) is 0. The third-order valence-corrected chi connectivity index (χ3v) is 4.24. The largest absolute Gasteiger partial charge is 0.463 e. The van der Waals surface area contributed by atoms with Gasteiger partial charge in [-0.05, 0) is 45.0 Å². The molecule has 1 aliphatic heterocycles. The van der Waals surface area contributed by atoms with Crippen LogP contribution < -0.4 is 5.32 Å². The first kappa shape index (κ1) is 16.5. The summed E-state index contributed by atoms with van der Waals surface area (Å²) < 4.78 is 6.06. The summed E-state index contributed by atoms with van der Waals surface area (Å²) in [6.45, 7) is 15.1. The summed E-state index contributed by atoms with van der Waals surface area (Å²) in [7, 11) is 2.20. The zero-order valence-corrected chi connectivity index (χ0v) is 14.3. The first-order chi connectivity index (χ1) is 9.95. The molecule has 0 saturated carbocycles. The van der Waals surface area contributed by atoms with Gasteiger partial charge in [-0.2, -0.15) is 0 Å². The molecule has 1 aromatic rings. The summed E-state index contributed by atoms with van der Waals surface area (Å²) in [5.74, 6) is 2.86. The monoisotopic (exact) mass is 293 g/mol. The molecule has 21 heavy (non-hydrogen) atoms. The zero-order chi connectivity index (χ0) is 15.4. The van der Waals surface area contributed by atoms with Crippen molar-refractivity contribution in [3.8, 4) is 0 Å². The lowest BCUT2D eigenvalue weighted by Crippen LogP contribution is -2.49. The van der Waals surface area contributed by atoms with E-state index < -0.39 is 0 Å². The Morgan fingerprint density at radius 2 is 2.14 bits per heavy atom. The predicted molar refractivity (Wildman–Crippen MR) is 87.4 cm³/mol. The van der Waals surface area contributed by atoms with Gasteiger partial charge in [-0.1, -0.05) is 13.8 Å². The fourth-order valence-electron chi connectivity index (χ4n) is 2.93. The number of nitrogens with one attached hydrogen (secondary N) is 1. The number of hydrogen-bond donors (Lipinski definition) is 1. The molecule has 4 heteroatoms. The van der Waals surface area contributed by atoms with Gasteiger partial charge in [0.05, 0.1) is 13.1 Å². The molecule has 0 spiro atoms. The van der Waals surface area contributed by atoms with Crippen LogP contribution in [0.5, 0.6) is 0 Å². The van der Waals surface area contributed by atoms with Crippen molar-refractivity contribution in [3.05, 3.63) is 23.2 Å². The Morgan fingerprint density at radius 1 is 1.38 bits per heavy atom. The van der Waals surface area contributed by atoms with E-state index in [2.05, 4.69) is 55.9 Å². The smallest absolute Gasteiger partial charge is 0.120 e. The molecule has 120 valence electrons. The summed E-state index contributed by atoms with van der Waals surface area (Å²) in [4.78, 5) is 4.92. The molecule has 2 rings (SSSR count). The molecule has 4 nitrogen and oxygen atoms in total. The van der Waals surface area contributed by atoms with Gasteiger partial charge in [0.15, 0.2) is 0 Å². The lowest BCUT2D eigenvalue weighted by atomic mass is 10.2. The molecule has 1 aliphatic rings. The average Bonchev–Trinajstić information content (AvgIpc) is 2.73. The Bertz CT molecular complexity index is 441. The molecular formula is C17H31N3O. The predicted octanol–water partition coefficient (Wildman–Crippen LogP) is 2.47. The highest BCUT2D eigenvalue weighted by molar-refractivity contribution is 5.20. The third-order valence-electron chi connectivity index (χ3n) is 4.24. The van der Waals surface area contributed by atoms with Crippen molar-refractivity contribution in [3.63, 3.8) is 0 Å². The van der Waals surface area contributed by atoms with E-state index in [0.29, 0.717) is 12.0 Å². The number of furan rings is 1. The molecule has 0 aliphatic carbocycles. The van der Waals surface area contributed by atoms with Gasteiger partial charge in [-0.3, -0.25) is 4.90 Å². The summed E-state index contributed by atoms with van der Waals surface area (Å²) >= 11 is 0. The lowest BCUT2D eigenvalue weighted by molar-refractivity contribution is 0.0871. The zero-order valence-electron chi connectivity index (χ0n) is 14.3. The molecule has 0 radical (unpaired) electrons. The van der Waals surface area contributed by atoms with Crippen molar-refractivity contribution in [2.75, 3.05) is 33.2 Å². The fourth-order valence-corrected chi connectivity index (χ4v) is 2.93. The Kier molecular flexibility index (Phi) is 5.85. The summed E-state index contributed by atoms with van der Waals surface area (Å²) in [6, 6.07) is 2.80. The fraction of sp³-hybridized carbons (Fsp3) is 0.765. The number of nitrogens with zero attached hydrogens (tertiary/aromatic N) is 2. The normalized spacial score (nSPS) is 21.3. The van der Waals surface area contributed by atoms with Crippen molar-refractivity contribution < 1.29 is 4.42 Å². The second-order valence-electron chi connectivity index (χ2n) is 6.93. The number of aryl methyl sites for hydroxylation is 1. The Hall–Kier alpha value is -0.840. The molecule has 1 saturated heterocycles. The minimum absolute atomic E-state index is 0.594. The Labute approximate surface area is 129 Å². The number of rotatable bonds is 6. The van der Waals surface area contributed by atoms with Gasteiger partial charge in [-0.15, -0.1) is 0 Å². The van der Waals surface area contributed by atoms with Gasteiger partial charge in [-0.25, -0.2) is 0 Å². The maximum Gasteiger partial charge on any atom is 0.120 e. The van der Waals surface area contributed by atoms with Crippen molar-refractivity contribution >= 4 is 0 Å². The van der Waals surface area contributed by atoms with Crippen LogP contribution >= 0.6 is 0 Å². The highest BCUT2D eigenvalue weighted by Gasteiger charge is 2.22. The van der Waals surface area contributed by atoms with E-state index in [1.807, 2.05) is 0 Å². The molecule has 2 heterocycles. The van der Waals surface area contributed by atoms with Crippen LogP contribution in [0.25, 0.3) is 0 Å². The molecule has 1 N–H and O–H groups in total. The minimum atomic E-state index is 0.594. The van der Waals surface area contributed by atoms with E-state index in [-0.39, 0.29) is 0 Å². The van der Waals surface area contributed by atoms with E-state index in [1.165, 1.54) is 5.56 Å². The van der Waals surface area contributed by atoms with Gasteiger partial charge in [0.2, 0.25) is 0 Å². The maximum atomic E-state index is 6.06. The van der Waals surface area contributed by atoms with E-state index >= 15 is 0 Å². The number of hydrogen-bond acceptors (Lipinski definition) is 4. The Morgan fingerprint density at radius 3 is 2.81 bits per heavy atom. The first-order valence-corrected chi connectivity index (χ1v) is 8.17. The topological polar surface area (TPSA) is 31.6 Å². The van der Waals surface area contributed by atoms with Crippen LogP contribution in [-0.2, 0) is 13.1 Å². The SMILES string of the molecule is Cc1cc(CN2CCN(C)CC2C)oc1CNCC(C)C. The van der Waals surface area contributed by atoms with Crippen LogP contribution in [0.2, 0.25) is 0 Å². The average molecular weight is 293 g/mol. The molecule has 1 aromatic heterocycles. The van der Waals surface area contributed by atoms with Crippen LogP contribution in [0.1, 0.15) is 37.9 Å². The van der Waals surface area contributed by atoms with Crippen LogP contribution in [0.4, 0.5) is 0 Å². The maximum absolute atomic E-state index is 6.06. The van der Waals surface area contributed by atoms with E-state index in [1.54, 1.807) is 0 Å². The minimum Gasteiger partial charge on any atom is -0.463 e. The van der Waals surface area contributed by atoms with Crippen LogP contribution in [-0.4, -0.2) is 49.1 Å². The van der Waals surface area contributed by atoms with Gasteiger partial charge in [0.25, 0.3) is 0 Å². The van der Waals surface area contributed by atoms with Crippen LogP contribution in [0, 0.1) is 12.8 Å². The molecule has 0 aromatic carbocycles. The van der Waals surface area contributed by atoms with Crippen molar-refractivity contribution in [2.24, 2.45) is 5.92 Å². The van der Waals surface area contributed by atoms with Gasteiger partial charge in [0.1, 0.15) is 11.5 Å². The first-order valence-electron chi connectivity index (χ1n) is 8.17. The second-order valence-corrected chi connectivity index (χ2v) is 6.93.